The van der Waals surface area contributed by atoms with Crippen molar-refractivity contribution < 1.29 is 37.0 Å². The molecule has 3 heterocycles. The predicted octanol–water partition coefficient (Wildman–Crippen LogP) is 5.74. The number of aromatic nitrogens is 1. The number of carbonyl (C=O) groups excluding carboxylic acids is 2. The van der Waals surface area contributed by atoms with Crippen LogP contribution in [0.4, 0.5) is 0 Å². The molecule has 13 nitrogen and oxygen atoms in total. The molecule has 6 aromatic rings. The Labute approximate surface area is 332 Å². The summed E-state index contributed by atoms with van der Waals surface area (Å²) >= 11 is 1.18. The zero-order chi connectivity index (χ0) is 39.9. The maximum absolute atomic E-state index is 13.9. The summed E-state index contributed by atoms with van der Waals surface area (Å²) in [5.74, 6) is -1.82. The quantitative estimate of drug-likeness (QED) is 0.0570. The van der Waals surface area contributed by atoms with E-state index in [2.05, 4.69) is 10.5 Å². The van der Waals surface area contributed by atoms with E-state index in [1.54, 1.807) is 17.5 Å². The number of nitrogens with zero attached hydrogens (tertiary/aromatic N) is 3. The van der Waals surface area contributed by atoms with Crippen LogP contribution in [0.3, 0.4) is 0 Å². The Balaban J connectivity index is 1.23. The van der Waals surface area contributed by atoms with Gasteiger partial charge in [-0.2, -0.15) is 13.1 Å². The molecular formula is C42H36N4O9S2. The largest absolute Gasteiger partial charge is 0.475 e. The Kier molecular flexibility index (Phi) is 11.6. The number of oxime groups is 1. The minimum atomic E-state index is -4.80. The molecule has 1 aliphatic heterocycles. The Bertz CT molecular complexity index is 2440. The van der Waals surface area contributed by atoms with Crippen molar-refractivity contribution in [2.45, 2.75) is 37.8 Å². The van der Waals surface area contributed by atoms with Crippen LogP contribution in [0.25, 0.3) is 0 Å². The van der Waals surface area contributed by atoms with Gasteiger partial charge in [0.1, 0.15) is 17.8 Å². The fraction of sp³-hybridized carbons (Fsp3) is 0.143. The van der Waals surface area contributed by atoms with Crippen LogP contribution in [0.2, 0.25) is 0 Å². The lowest BCUT2D eigenvalue weighted by molar-refractivity contribution is -0.143. The van der Waals surface area contributed by atoms with Crippen LogP contribution in [0.15, 0.2) is 161 Å². The molecule has 0 saturated carbocycles. The smallest absolute Gasteiger partial charge is 0.362 e. The second kappa shape index (κ2) is 17.1. The van der Waals surface area contributed by atoms with E-state index in [0.717, 1.165) is 22.3 Å². The van der Waals surface area contributed by atoms with E-state index in [4.69, 9.17) is 14.4 Å². The summed E-state index contributed by atoms with van der Waals surface area (Å²) in [4.78, 5) is 52.8. The summed E-state index contributed by atoms with van der Waals surface area (Å²) in [6.45, 7) is 1.01. The van der Waals surface area contributed by atoms with Crippen molar-refractivity contribution in [3.8, 4) is 5.75 Å². The van der Waals surface area contributed by atoms with Crippen molar-refractivity contribution >= 4 is 39.2 Å². The maximum atomic E-state index is 13.9. The molecule has 0 bridgehead atoms. The first-order valence-corrected chi connectivity index (χ1v) is 20.0. The molecule has 7 rings (SSSR count). The summed E-state index contributed by atoms with van der Waals surface area (Å²) < 4.78 is 40.8. The molecule has 2 N–H and O–H groups in total. The Morgan fingerprint density at radius 1 is 0.807 bits per heavy atom. The second-order valence-electron chi connectivity index (χ2n) is 12.9. The number of carbonyl (C=O) groups is 2. The van der Waals surface area contributed by atoms with E-state index in [1.165, 1.54) is 35.3 Å². The first-order valence-electron chi connectivity index (χ1n) is 17.7. The lowest BCUT2D eigenvalue weighted by Crippen LogP contribution is -2.71. The molecule has 57 heavy (non-hydrogen) atoms. The third-order valence-corrected chi connectivity index (χ3v) is 11.0. The number of nitrogens with one attached hydrogen (secondary N) is 1. The topological polar surface area (TPSA) is 166 Å². The number of rotatable bonds is 15. The standard InChI is InChI=1S/C42H36N4O9S2/c1-28-37(42(49)46(28)57(50,51)52)43-41(48)38(36-23-14-24-56-36)44-53-27-33-25-34(47)35(54-39(29-15-6-2-7-16-29)30-17-8-3-9-18-30)26-45(33)55-40(31-19-10-4-11-20-31)32-21-12-5-13-22-32/h2-26,28,37,39-40H,27H2,1H3,(H,43,48)(H,50,51,52)/b44-38-/t28-,37-/m0/s1. The summed E-state index contributed by atoms with van der Waals surface area (Å²) in [5, 5.41) is 8.33. The minimum absolute atomic E-state index is 0.00305. The van der Waals surface area contributed by atoms with Gasteiger partial charge in [0.05, 0.1) is 17.1 Å². The number of thiophene rings is 1. The minimum Gasteiger partial charge on any atom is -0.475 e. The van der Waals surface area contributed by atoms with Gasteiger partial charge in [0.15, 0.2) is 24.2 Å². The number of hydrogen-bond acceptors (Lipinski definition) is 10. The molecule has 15 heteroatoms. The molecule has 2 aromatic heterocycles. The normalized spacial score (nSPS) is 15.6. The van der Waals surface area contributed by atoms with E-state index in [1.807, 2.05) is 121 Å². The van der Waals surface area contributed by atoms with Crippen molar-refractivity contribution in [3.63, 3.8) is 0 Å². The van der Waals surface area contributed by atoms with Gasteiger partial charge in [-0.3, -0.25) is 18.9 Å². The molecule has 0 spiro atoms. The van der Waals surface area contributed by atoms with E-state index in [0.29, 0.717) is 4.88 Å². The van der Waals surface area contributed by atoms with Crippen molar-refractivity contribution in [2.75, 3.05) is 0 Å². The van der Waals surface area contributed by atoms with Crippen LogP contribution in [0.5, 0.6) is 5.75 Å². The summed E-state index contributed by atoms with van der Waals surface area (Å²) in [7, 11) is -4.80. The van der Waals surface area contributed by atoms with Gasteiger partial charge in [-0.1, -0.05) is 133 Å². The Hall–Kier alpha value is -6.55. The third kappa shape index (κ3) is 8.80. The summed E-state index contributed by atoms with van der Waals surface area (Å²) in [5.41, 5.74) is 2.85. The van der Waals surface area contributed by atoms with E-state index >= 15 is 0 Å². The zero-order valence-corrected chi connectivity index (χ0v) is 32.0. The van der Waals surface area contributed by atoms with Gasteiger partial charge in [-0.25, -0.2) is 4.31 Å². The molecule has 290 valence electrons. The van der Waals surface area contributed by atoms with E-state index in [-0.39, 0.29) is 28.1 Å². The van der Waals surface area contributed by atoms with Gasteiger partial charge >= 0.3 is 10.3 Å². The fourth-order valence-electron chi connectivity index (χ4n) is 6.31. The second-order valence-corrected chi connectivity index (χ2v) is 15.2. The lowest BCUT2D eigenvalue weighted by atomic mass is 10.0. The first-order chi connectivity index (χ1) is 27.6. The number of hydrogen-bond donors (Lipinski definition) is 2. The van der Waals surface area contributed by atoms with Crippen LogP contribution < -0.4 is 20.3 Å². The van der Waals surface area contributed by atoms with E-state index < -0.39 is 51.8 Å². The molecule has 4 aromatic carbocycles. The Morgan fingerprint density at radius 2 is 1.33 bits per heavy atom. The van der Waals surface area contributed by atoms with E-state index in [9.17, 15) is 27.4 Å². The molecule has 0 aliphatic carbocycles. The van der Waals surface area contributed by atoms with Crippen molar-refractivity contribution in [2.24, 2.45) is 5.16 Å². The molecule has 1 aliphatic rings. The zero-order valence-electron chi connectivity index (χ0n) is 30.3. The number of benzene rings is 4. The number of amides is 2. The maximum Gasteiger partial charge on any atom is 0.362 e. The van der Waals surface area contributed by atoms with Crippen LogP contribution in [-0.4, -0.2) is 51.6 Å². The van der Waals surface area contributed by atoms with Gasteiger partial charge in [0.2, 0.25) is 5.43 Å². The highest BCUT2D eigenvalue weighted by Gasteiger charge is 2.51. The number of pyridine rings is 1. The number of ether oxygens (including phenoxy) is 1. The van der Waals surface area contributed by atoms with Gasteiger partial charge in [0, 0.05) is 6.07 Å². The summed E-state index contributed by atoms with van der Waals surface area (Å²) in [6.07, 6.45) is 0.168. The van der Waals surface area contributed by atoms with Gasteiger partial charge in [-0.05, 0) is 40.6 Å². The van der Waals surface area contributed by atoms with Crippen LogP contribution in [0, 0.1) is 0 Å². The summed E-state index contributed by atoms with van der Waals surface area (Å²) in [6, 6.07) is 40.5. The van der Waals surface area contributed by atoms with Crippen molar-refractivity contribution in [3.05, 3.63) is 194 Å². The monoisotopic (exact) mass is 804 g/mol. The SMILES string of the molecule is C[C@H]1[C@H](NC(=O)/C(=N\OCc2cc(=O)c(OC(c3ccccc3)c3ccccc3)cn2OC(c2ccccc2)c2ccccc2)c2cccs2)C(=O)N1S(=O)(=O)O. The van der Waals surface area contributed by atoms with Crippen LogP contribution in [0.1, 0.15) is 52.0 Å². The average molecular weight is 805 g/mol. The van der Waals surface area contributed by atoms with Crippen LogP contribution in [-0.2, 0) is 31.3 Å². The molecule has 0 radical (unpaired) electrons. The molecule has 1 fully saturated rings. The van der Waals surface area contributed by atoms with Crippen molar-refractivity contribution in [1.29, 1.82) is 0 Å². The van der Waals surface area contributed by atoms with Crippen molar-refractivity contribution in [1.82, 2.24) is 14.4 Å². The highest BCUT2D eigenvalue weighted by molar-refractivity contribution is 7.84. The highest BCUT2D eigenvalue weighted by atomic mass is 32.2. The van der Waals surface area contributed by atoms with Crippen LogP contribution >= 0.6 is 11.3 Å². The highest BCUT2D eigenvalue weighted by Crippen LogP contribution is 2.29. The first kappa shape index (κ1) is 38.7. The molecule has 2 amide bonds. The van der Waals surface area contributed by atoms with Gasteiger partial charge < -0.3 is 19.7 Å². The lowest BCUT2D eigenvalue weighted by Gasteiger charge is -2.42. The average Bonchev–Trinajstić information content (AvgIpc) is 3.76. The van der Waals surface area contributed by atoms with Gasteiger partial charge in [-0.15, -0.1) is 11.3 Å². The Morgan fingerprint density at radius 3 is 1.81 bits per heavy atom. The molecule has 0 unspecified atom stereocenters. The fourth-order valence-corrected chi connectivity index (χ4v) is 7.90. The van der Waals surface area contributed by atoms with Gasteiger partial charge in [0.25, 0.3) is 11.8 Å². The molecule has 2 atom stereocenters. The third-order valence-electron chi connectivity index (χ3n) is 9.14. The molecule has 1 saturated heterocycles. The molecular weight excluding hydrogens is 769 g/mol. The predicted molar refractivity (Wildman–Crippen MR) is 213 cm³/mol. The number of β-lactam (4-membered cyclic amide) rings is 1.